The van der Waals surface area contributed by atoms with E-state index in [1.807, 2.05) is 13.8 Å². The zero-order valence-corrected chi connectivity index (χ0v) is 26.8. The molecule has 3 aliphatic rings. The molecule has 0 amide bonds. The Kier molecular flexibility index (Phi) is 11.2. The van der Waals surface area contributed by atoms with Gasteiger partial charge in [-0.1, -0.05) is 43.6 Å². The number of dihydropyridines is 1. The van der Waals surface area contributed by atoms with Crippen molar-refractivity contribution in [2.45, 2.75) is 52.9 Å². The van der Waals surface area contributed by atoms with Crippen molar-refractivity contribution in [2.75, 3.05) is 39.2 Å². The summed E-state index contributed by atoms with van der Waals surface area (Å²) >= 11 is 6.42. The van der Waals surface area contributed by atoms with Crippen LogP contribution < -0.4 is 11.1 Å². The molecule has 2 bridgehead atoms. The fraction of sp³-hybridized carbons (Fsp3) is 0.567. The number of allylic oxidation sites excluding steroid dienone is 1. The fourth-order valence-electron chi connectivity index (χ4n) is 6.54. The number of ether oxygens (including phenoxy) is 3. The van der Waals surface area contributed by atoms with Crippen LogP contribution in [0.15, 0.2) is 46.8 Å². The lowest BCUT2D eigenvalue weighted by Crippen LogP contribution is -2.42. The molecule has 2 saturated carbocycles. The topological polar surface area (TPSA) is 171 Å². The van der Waals surface area contributed by atoms with Crippen LogP contribution in [-0.2, 0) is 38.7 Å². The molecule has 238 valence electrons. The lowest BCUT2D eigenvalue weighted by atomic mass is 9.70. The van der Waals surface area contributed by atoms with Gasteiger partial charge in [-0.2, -0.15) is 8.42 Å². The zero-order valence-electron chi connectivity index (χ0n) is 25.2. The molecule has 43 heavy (non-hydrogen) atoms. The lowest BCUT2D eigenvalue weighted by Gasteiger charge is -2.35. The SMILES string of the molecule is CC1(C)[C@@H]2CC[C@]1(CS(=O)(=O)O)C(=O)C2.CCOC(=O)C1=C(COCCN)NC(C)=C(C(=O)OC)C1c1ccccc1Cl. The molecule has 11 nitrogen and oxygen atoms in total. The number of hydrogen-bond donors (Lipinski definition) is 3. The van der Waals surface area contributed by atoms with Crippen LogP contribution in [0.25, 0.3) is 0 Å². The second-order valence-corrected chi connectivity index (χ2v) is 13.3. The van der Waals surface area contributed by atoms with Crippen LogP contribution in [0.2, 0.25) is 5.02 Å². The molecule has 2 aliphatic carbocycles. The van der Waals surface area contributed by atoms with Crippen molar-refractivity contribution < 1.29 is 41.6 Å². The number of Topliss-reactive ketones (excluding diaryl/α,β-unsaturated/α-hetero) is 1. The summed E-state index contributed by atoms with van der Waals surface area (Å²) < 4.78 is 46.8. The Morgan fingerprint density at radius 2 is 1.86 bits per heavy atom. The van der Waals surface area contributed by atoms with Gasteiger partial charge < -0.3 is 25.3 Å². The van der Waals surface area contributed by atoms with Crippen LogP contribution in [0.1, 0.15) is 58.4 Å². The Balaban J connectivity index is 0.000000282. The Hall–Kier alpha value is -2.77. The lowest BCUT2D eigenvalue weighted by molar-refractivity contribution is -0.139. The van der Waals surface area contributed by atoms with Crippen molar-refractivity contribution >= 4 is 39.4 Å². The summed E-state index contributed by atoms with van der Waals surface area (Å²) in [5.41, 5.74) is 6.58. The first kappa shape index (κ1) is 34.7. The van der Waals surface area contributed by atoms with Gasteiger partial charge in [0.15, 0.2) is 0 Å². The Bertz CT molecular complexity index is 1420. The summed E-state index contributed by atoms with van der Waals surface area (Å²) in [7, 11) is -2.78. The van der Waals surface area contributed by atoms with Crippen molar-refractivity contribution in [3.63, 3.8) is 0 Å². The maximum Gasteiger partial charge on any atom is 0.336 e. The van der Waals surface area contributed by atoms with Crippen LogP contribution in [0, 0.1) is 16.7 Å². The number of ketones is 1. The number of nitrogens with two attached hydrogens (primary N) is 1. The van der Waals surface area contributed by atoms with Gasteiger partial charge in [-0.25, -0.2) is 9.59 Å². The maximum absolute atomic E-state index is 12.9. The number of halogens is 1. The molecule has 0 spiro atoms. The first-order valence-electron chi connectivity index (χ1n) is 14.1. The summed E-state index contributed by atoms with van der Waals surface area (Å²) in [6.07, 6.45) is 1.97. The Morgan fingerprint density at radius 1 is 1.19 bits per heavy atom. The van der Waals surface area contributed by atoms with Crippen LogP contribution in [0.4, 0.5) is 0 Å². The Morgan fingerprint density at radius 3 is 2.37 bits per heavy atom. The van der Waals surface area contributed by atoms with Gasteiger partial charge in [-0.3, -0.25) is 9.35 Å². The summed E-state index contributed by atoms with van der Waals surface area (Å²) in [5, 5.41) is 3.52. The first-order chi connectivity index (χ1) is 20.1. The van der Waals surface area contributed by atoms with Crippen molar-refractivity contribution in [3.8, 4) is 0 Å². The van der Waals surface area contributed by atoms with Crippen molar-refractivity contribution in [3.05, 3.63) is 57.4 Å². The maximum atomic E-state index is 12.9. The molecule has 2 fully saturated rings. The average Bonchev–Trinajstić information content (AvgIpc) is 3.26. The molecule has 3 atom stereocenters. The smallest absolute Gasteiger partial charge is 0.336 e. The molecule has 0 saturated heterocycles. The van der Waals surface area contributed by atoms with Gasteiger partial charge in [0.1, 0.15) is 5.78 Å². The molecule has 13 heteroatoms. The largest absolute Gasteiger partial charge is 0.466 e. The van der Waals surface area contributed by atoms with Gasteiger partial charge in [0.05, 0.1) is 60.9 Å². The van der Waals surface area contributed by atoms with Gasteiger partial charge in [0, 0.05) is 23.7 Å². The molecule has 4 N–H and O–H groups in total. The number of carbonyl (C=O) groups is 3. The van der Waals surface area contributed by atoms with Gasteiger partial charge in [0.2, 0.25) is 0 Å². The zero-order chi connectivity index (χ0) is 32.2. The molecule has 1 unspecified atom stereocenters. The van der Waals surface area contributed by atoms with Crippen molar-refractivity contribution in [1.29, 1.82) is 0 Å². The highest BCUT2D eigenvalue weighted by Crippen LogP contribution is 2.64. The molecular weight excluding hydrogens is 600 g/mol. The number of hydrogen-bond acceptors (Lipinski definition) is 10. The minimum atomic E-state index is -4.08. The third kappa shape index (κ3) is 7.15. The number of fused-ring (bicyclic) bond motifs is 2. The molecule has 1 aliphatic heterocycles. The Labute approximate surface area is 257 Å². The average molecular weight is 641 g/mol. The normalized spacial score (nSPS) is 24.3. The predicted molar refractivity (Wildman–Crippen MR) is 161 cm³/mol. The highest BCUT2D eigenvalue weighted by atomic mass is 35.5. The van der Waals surface area contributed by atoms with Crippen LogP contribution in [-0.4, -0.2) is 69.9 Å². The molecular formula is C30H41ClN2O9S. The standard InChI is InChI=1S/C20H25ClN2O5.C10H16O4S/c1-4-28-20(25)18-15(11-27-10-9-22)23-12(2)16(19(24)26-3)17(18)13-7-5-6-8-14(13)21;1-9(2)7-3-4-10(9,8(11)5-7)6-15(12,13)14/h5-8,17,23H,4,9-11,22H2,1-3H3;7H,3-6H2,1-2H3,(H,12,13,14)/t;7-,10+/m.1/s1. The molecule has 1 aromatic rings. The summed E-state index contributed by atoms with van der Waals surface area (Å²) in [4.78, 5) is 37.3. The highest BCUT2D eigenvalue weighted by Gasteiger charge is 2.65. The van der Waals surface area contributed by atoms with Gasteiger partial charge >= 0.3 is 11.9 Å². The fourth-order valence-corrected chi connectivity index (χ4v) is 8.08. The van der Waals surface area contributed by atoms with Crippen LogP contribution >= 0.6 is 11.6 Å². The monoisotopic (exact) mass is 640 g/mol. The molecule has 1 aromatic carbocycles. The third-order valence-electron chi connectivity index (χ3n) is 8.84. The van der Waals surface area contributed by atoms with Crippen LogP contribution in [0.5, 0.6) is 0 Å². The van der Waals surface area contributed by atoms with Crippen molar-refractivity contribution in [2.24, 2.45) is 22.5 Å². The molecule has 0 radical (unpaired) electrons. The van der Waals surface area contributed by atoms with E-state index in [1.165, 1.54) is 7.11 Å². The quantitative estimate of drug-likeness (QED) is 0.194. The summed E-state index contributed by atoms with van der Waals surface area (Å²) in [5.74, 6) is -1.97. The van der Waals surface area contributed by atoms with Gasteiger partial charge in [0.25, 0.3) is 10.1 Å². The van der Waals surface area contributed by atoms with E-state index in [4.69, 9.17) is 36.1 Å². The number of esters is 2. The molecule has 1 heterocycles. The minimum absolute atomic E-state index is 0.0152. The third-order valence-corrected chi connectivity index (χ3v) is 10.0. The van der Waals surface area contributed by atoms with Gasteiger partial charge in [-0.15, -0.1) is 0 Å². The number of nitrogens with one attached hydrogen (secondary N) is 1. The second-order valence-electron chi connectivity index (χ2n) is 11.5. The summed E-state index contributed by atoms with van der Waals surface area (Å²) in [6.45, 7) is 8.31. The number of carbonyl (C=O) groups excluding carboxylic acids is 3. The van der Waals surface area contributed by atoms with E-state index < -0.39 is 39.1 Å². The second kappa shape index (κ2) is 13.9. The van der Waals surface area contributed by atoms with E-state index in [2.05, 4.69) is 5.32 Å². The summed E-state index contributed by atoms with van der Waals surface area (Å²) in [6, 6.07) is 7.05. The number of methoxy groups -OCH3 is 1. The molecule has 0 aromatic heterocycles. The number of rotatable bonds is 10. The van der Waals surface area contributed by atoms with Crippen molar-refractivity contribution in [1.82, 2.24) is 5.32 Å². The van der Waals surface area contributed by atoms with E-state index >= 15 is 0 Å². The van der Waals surface area contributed by atoms with E-state index in [9.17, 15) is 22.8 Å². The first-order valence-corrected chi connectivity index (χ1v) is 16.1. The van der Waals surface area contributed by atoms with E-state index in [0.717, 1.165) is 6.42 Å². The van der Waals surface area contributed by atoms with E-state index in [0.29, 0.717) is 53.5 Å². The molecule has 4 rings (SSSR count). The predicted octanol–water partition coefficient (Wildman–Crippen LogP) is 3.54. The van der Waals surface area contributed by atoms with Gasteiger partial charge in [-0.05, 0) is 49.7 Å². The van der Waals surface area contributed by atoms with E-state index in [1.54, 1.807) is 38.1 Å². The highest BCUT2D eigenvalue weighted by molar-refractivity contribution is 7.85. The van der Waals surface area contributed by atoms with E-state index in [-0.39, 0.29) is 35.9 Å². The van der Waals surface area contributed by atoms with Crippen LogP contribution in [0.3, 0.4) is 0 Å². The minimum Gasteiger partial charge on any atom is -0.466 e. The number of benzene rings is 1.